The Labute approximate surface area is 111 Å². The zero-order valence-electron chi connectivity index (χ0n) is 10.3. The Hall–Kier alpha value is -2.69. The topological polar surface area (TPSA) is 55.6 Å². The molecule has 94 valence electrons. The van der Waals surface area contributed by atoms with Gasteiger partial charge in [0, 0.05) is 11.9 Å². The van der Waals surface area contributed by atoms with Crippen LogP contribution in [0.15, 0.2) is 61.3 Å². The lowest BCUT2D eigenvalue weighted by molar-refractivity contribution is 0.879. The Morgan fingerprint density at radius 3 is 2.63 bits per heavy atom. The first-order valence-electron chi connectivity index (χ1n) is 6.01. The van der Waals surface area contributed by atoms with E-state index in [9.17, 15) is 0 Å². The minimum absolute atomic E-state index is 0.712. The molecule has 5 nitrogen and oxygen atoms in total. The van der Waals surface area contributed by atoms with Gasteiger partial charge >= 0.3 is 0 Å². The largest absolute Gasteiger partial charge is 0.379 e. The number of hydrogen-bond donors (Lipinski definition) is 1. The van der Waals surface area contributed by atoms with Gasteiger partial charge in [-0.05, 0) is 36.4 Å². The van der Waals surface area contributed by atoms with E-state index >= 15 is 0 Å². The fraction of sp³-hybridized carbons (Fsp3) is 0.0714. The Morgan fingerprint density at radius 1 is 1.05 bits per heavy atom. The van der Waals surface area contributed by atoms with Crippen LogP contribution < -0.4 is 5.32 Å². The fourth-order valence-corrected chi connectivity index (χ4v) is 1.77. The predicted octanol–water partition coefficient (Wildman–Crippen LogP) is 2.27. The number of nitrogens with zero attached hydrogens (tertiary/aromatic N) is 4. The summed E-state index contributed by atoms with van der Waals surface area (Å²) in [7, 11) is 0. The average molecular weight is 251 g/mol. The number of anilines is 1. The highest BCUT2D eigenvalue weighted by atomic mass is 15.3. The summed E-state index contributed by atoms with van der Waals surface area (Å²) < 4.78 is 1.72. The summed E-state index contributed by atoms with van der Waals surface area (Å²) in [6.45, 7) is 0.712. The van der Waals surface area contributed by atoms with E-state index in [0.717, 1.165) is 17.1 Å². The van der Waals surface area contributed by atoms with Gasteiger partial charge in [0.25, 0.3) is 0 Å². The van der Waals surface area contributed by atoms with Crippen LogP contribution in [0.4, 0.5) is 5.69 Å². The first kappa shape index (κ1) is 11.4. The molecular formula is C14H13N5. The zero-order chi connectivity index (χ0) is 12.9. The molecular weight excluding hydrogens is 238 g/mol. The highest BCUT2D eigenvalue weighted by Crippen LogP contribution is 2.12. The van der Waals surface area contributed by atoms with Gasteiger partial charge in [0.05, 0.1) is 17.9 Å². The zero-order valence-corrected chi connectivity index (χ0v) is 10.3. The maximum atomic E-state index is 4.27. The highest BCUT2D eigenvalue weighted by Gasteiger charge is 1.98. The Kier molecular flexibility index (Phi) is 3.18. The van der Waals surface area contributed by atoms with E-state index < -0.39 is 0 Å². The van der Waals surface area contributed by atoms with Crippen LogP contribution in [0.3, 0.4) is 0 Å². The van der Waals surface area contributed by atoms with Crippen LogP contribution in [0.5, 0.6) is 0 Å². The van der Waals surface area contributed by atoms with Crippen LogP contribution in [0.25, 0.3) is 5.69 Å². The number of pyridine rings is 1. The van der Waals surface area contributed by atoms with Crippen molar-refractivity contribution in [2.45, 2.75) is 6.54 Å². The van der Waals surface area contributed by atoms with Crippen molar-refractivity contribution in [3.05, 3.63) is 67.0 Å². The van der Waals surface area contributed by atoms with Crippen molar-refractivity contribution in [1.82, 2.24) is 19.7 Å². The van der Waals surface area contributed by atoms with E-state index in [0.29, 0.717) is 6.54 Å². The van der Waals surface area contributed by atoms with Crippen molar-refractivity contribution in [1.29, 1.82) is 0 Å². The van der Waals surface area contributed by atoms with Gasteiger partial charge in [-0.25, -0.2) is 9.67 Å². The molecule has 0 aliphatic carbocycles. The predicted molar refractivity (Wildman–Crippen MR) is 72.9 cm³/mol. The lowest BCUT2D eigenvalue weighted by Crippen LogP contribution is -2.01. The third-order valence-electron chi connectivity index (χ3n) is 2.75. The lowest BCUT2D eigenvalue weighted by Gasteiger charge is -2.07. The summed E-state index contributed by atoms with van der Waals surface area (Å²) in [4.78, 5) is 8.19. The maximum Gasteiger partial charge on any atom is 0.138 e. The molecule has 5 heteroatoms. The Balaban J connectivity index is 1.67. The summed E-state index contributed by atoms with van der Waals surface area (Å²) in [6.07, 6.45) is 4.99. The number of rotatable bonds is 4. The molecule has 0 saturated heterocycles. The van der Waals surface area contributed by atoms with Crippen LogP contribution in [-0.4, -0.2) is 19.7 Å². The third kappa shape index (κ3) is 2.77. The van der Waals surface area contributed by atoms with Gasteiger partial charge in [-0.15, -0.1) is 0 Å². The smallest absolute Gasteiger partial charge is 0.138 e. The standard InChI is InChI=1S/C14H13N5/c1-2-8-16-13(3-1)9-17-12-4-6-14(7-5-12)19-11-15-10-18-19/h1-8,10-11,17H,9H2. The number of nitrogens with one attached hydrogen (secondary N) is 1. The number of benzene rings is 1. The highest BCUT2D eigenvalue weighted by molar-refractivity contribution is 5.48. The van der Waals surface area contributed by atoms with Gasteiger partial charge < -0.3 is 5.32 Å². The molecule has 0 radical (unpaired) electrons. The summed E-state index contributed by atoms with van der Waals surface area (Å²) in [5.41, 5.74) is 3.05. The van der Waals surface area contributed by atoms with Crippen molar-refractivity contribution < 1.29 is 0 Å². The van der Waals surface area contributed by atoms with E-state index in [1.165, 1.54) is 6.33 Å². The fourth-order valence-electron chi connectivity index (χ4n) is 1.77. The van der Waals surface area contributed by atoms with Gasteiger partial charge in [-0.1, -0.05) is 6.07 Å². The molecule has 0 unspecified atom stereocenters. The van der Waals surface area contributed by atoms with E-state index in [-0.39, 0.29) is 0 Å². The normalized spacial score (nSPS) is 10.3. The van der Waals surface area contributed by atoms with Crippen molar-refractivity contribution >= 4 is 5.69 Å². The van der Waals surface area contributed by atoms with Gasteiger partial charge in [-0.3, -0.25) is 4.98 Å². The Bertz CT molecular complexity index is 617. The summed E-state index contributed by atoms with van der Waals surface area (Å²) >= 11 is 0. The van der Waals surface area contributed by atoms with E-state index in [1.807, 2.05) is 42.5 Å². The molecule has 0 amide bonds. The first-order chi connectivity index (χ1) is 9.42. The van der Waals surface area contributed by atoms with Gasteiger partial charge in [0.15, 0.2) is 0 Å². The van der Waals surface area contributed by atoms with Crippen LogP contribution in [-0.2, 0) is 6.54 Å². The number of hydrogen-bond acceptors (Lipinski definition) is 4. The summed E-state index contributed by atoms with van der Waals surface area (Å²) in [5, 5.41) is 7.41. The average Bonchev–Trinajstić information content (AvgIpc) is 3.01. The van der Waals surface area contributed by atoms with Crippen LogP contribution >= 0.6 is 0 Å². The minimum atomic E-state index is 0.712. The molecule has 2 heterocycles. The monoisotopic (exact) mass is 251 g/mol. The second-order valence-corrected chi connectivity index (χ2v) is 4.06. The van der Waals surface area contributed by atoms with Crippen LogP contribution in [0, 0.1) is 0 Å². The SMILES string of the molecule is c1ccc(CNc2ccc(-n3cncn3)cc2)nc1. The van der Waals surface area contributed by atoms with Crippen molar-refractivity contribution in [3.8, 4) is 5.69 Å². The molecule has 0 saturated carbocycles. The van der Waals surface area contributed by atoms with E-state index in [1.54, 1.807) is 17.2 Å². The maximum absolute atomic E-state index is 4.27. The molecule has 0 spiro atoms. The van der Waals surface area contributed by atoms with Gasteiger partial charge in [0.1, 0.15) is 12.7 Å². The molecule has 0 fully saturated rings. The van der Waals surface area contributed by atoms with Gasteiger partial charge in [-0.2, -0.15) is 5.10 Å². The molecule has 1 aromatic carbocycles. The molecule has 2 aromatic heterocycles. The van der Waals surface area contributed by atoms with E-state index in [4.69, 9.17) is 0 Å². The molecule has 0 bridgehead atoms. The summed E-state index contributed by atoms with van der Waals surface area (Å²) in [5.74, 6) is 0. The van der Waals surface area contributed by atoms with Crippen molar-refractivity contribution in [2.75, 3.05) is 5.32 Å². The van der Waals surface area contributed by atoms with E-state index in [2.05, 4.69) is 20.4 Å². The lowest BCUT2D eigenvalue weighted by atomic mass is 10.2. The summed E-state index contributed by atoms with van der Waals surface area (Å²) in [6, 6.07) is 13.9. The second kappa shape index (κ2) is 5.30. The molecule has 0 aliphatic rings. The molecule has 3 aromatic rings. The van der Waals surface area contributed by atoms with Crippen molar-refractivity contribution in [2.24, 2.45) is 0 Å². The molecule has 3 rings (SSSR count). The third-order valence-corrected chi connectivity index (χ3v) is 2.75. The van der Waals surface area contributed by atoms with Gasteiger partial charge in [0.2, 0.25) is 0 Å². The van der Waals surface area contributed by atoms with Crippen molar-refractivity contribution in [3.63, 3.8) is 0 Å². The molecule has 1 N–H and O–H groups in total. The van der Waals surface area contributed by atoms with Crippen LogP contribution in [0.1, 0.15) is 5.69 Å². The number of aromatic nitrogens is 4. The Morgan fingerprint density at radius 2 is 1.95 bits per heavy atom. The van der Waals surface area contributed by atoms with Crippen LogP contribution in [0.2, 0.25) is 0 Å². The molecule has 0 atom stereocenters. The quantitative estimate of drug-likeness (QED) is 0.773. The minimum Gasteiger partial charge on any atom is -0.379 e. The molecule has 19 heavy (non-hydrogen) atoms. The first-order valence-corrected chi connectivity index (χ1v) is 6.01. The molecule has 0 aliphatic heterocycles. The second-order valence-electron chi connectivity index (χ2n) is 4.06.